The number of ketones is 1. The lowest BCUT2D eigenvalue weighted by Gasteiger charge is -2.06. The number of hydrogen-bond acceptors (Lipinski definition) is 4. The van der Waals surface area contributed by atoms with E-state index in [1.165, 1.54) is 18.2 Å². The number of carboxylic acid groups (broad SMARTS) is 1. The van der Waals surface area contributed by atoms with Crippen LogP contribution in [-0.2, 0) is 0 Å². The SMILES string of the molecule is CC(C)C(=O)c1ccc2c(=O)c3cc(C(=O)O)ccc3oc2c1. The van der Waals surface area contributed by atoms with E-state index < -0.39 is 5.97 Å². The second-order valence-corrected chi connectivity index (χ2v) is 5.68. The first-order chi connectivity index (χ1) is 10.9. The molecule has 0 bridgehead atoms. The molecule has 0 aliphatic rings. The van der Waals surface area contributed by atoms with Crippen molar-refractivity contribution in [1.82, 2.24) is 0 Å². The van der Waals surface area contributed by atoms with E-state index in [9.17, 15) is 14.4 Å². The minimum atomic E-state index is -1.11. The van der Waals surface area contributed by atoms with Crippen LogP contribution in [0, 0.1) is 5.92 Å². The summed E-state index contributed by atoms with van der Waals surface area (Å²) in [6.45, 7) is 3.60. The van der Waals surface area contributed by atoms with Gasteiger partial charge in [-0.3, -0.25) is 9.59 Å². The second-order valence-electron chi connectivity index (χ2n) is 5.68. The molecule has 1 heterocycles. The molecule has 5 heteroatoms. The summed E-state index contributed by atoms with van der Waals surface area (Å²) < 4.78 is 5.69. The van der Waals surface area contributed by atoms with E-state index >= 15 is 0 Å². The van der Waals surface area contributed by atoms with Gasteiger partial charge in [-0.15, -0.1) is 0 Å². The van der Waals surface area contributed by atoms with Crippen LogP contribution in [0.2, 0.25) is 0 Å². The van der Waals surface area contributed by atoms with Gasteiger partial charge in [-0.1, -0.05) is 19.9 Å². The lowest BCUT2D eigenvalue weighted by Crippen LogP contribution is -2.09. The summed E-state index contributed by atoms with van der Waals surface area (Å²) in [5.74, 6) is -1.29. The van der Waals surface area contributed by atoms with Crippen LogP contribution >= 0.6 is 0 Å². The zero-order valence-corrected chi connectivity index (χ0v) is 12.6. The molecule has 0 atom stereocenters. The number of Topliss-reactive ketones (excluding diaryl/α,β-unsaturated/α-hetero) is 1. The van der Waals surface area contributed by atoms with E-state index in [0.717, 1.165) is 0 Å². The molecular weight excluding hydrogens is 296 g/mol. The van der Waals surface area contributed by atoms with Crippen LogP contribution in [0.15, 0.2) is 45.6 Å². The van der Waals surface area contributed by atoms with E-state index in [-0.39, 0.29) is 28.1 Å². The van der Waals surface area contributed by atoms with E-state index in [0.29, 0.717) is 22.1 Å². The molecule has 0 saturated carbocycles. The Morgan fingerprint density at radius 2 is 1.65 bits per heavy atom. The molecule has 23 heavy (non-hydrogen) atoms. The molecule has 0 aliphatic carbocycles. The standard InChI is InChI=1S/C18H14O5/c1-9(2)16(19)10-3-5-12-15(8-10)23-14-6-4-11(18(21)22)7-13(14)17(12)20/h3-9H,1-2H3,(H,21,22). The third-order valence-corrected chi connectivity index (χ3v) is 3.73. The van der Waals surface area contributed by atoms with Crippen LogP contribution in [0.25, 0.3) is 21.9 Å². The summed E-state index contributed by atoms with van der Waals surface area (Å²) in [5.41, 5.74) is 0.805. The highest BCUT2D eigenvalue weighted by molar-refractivity contribution is 6.01. The molecule has 0 aliphatic heterocycles. The van der Waals surface area contributed by atoms with Crippen LogP contribution < -0.4 is 5.43 Å². The summed E-state index contributed by atoms with van der Waals surface area (Å²) in [7, 11) is 0. The van der Waals surface area contributed by atoms with Gasteiger partial charge in [0, 0.05) is 11.5 Å². The molecule has 5 nitrogen and oxygen atoms in total. The highest BCUT2D eigenvalue weighted by Gasteiger charge is 2.15. The Labute approximate surface area is 131 Å². The lowest BCUT2D eigenvalue weighted by molar-refractivity contribution is 0.0696. The van der Waals surface area contributed by atoms with Crippen molar-refractivity contribution < 1.29 is 19.1 Å². The van der Waals surface area contributed by atoms with Crippen molar-refractivity contribution in [1.29, 1.82) is 0 Å². The smallest absolute Gasteiger partial charge is 0.335 e. The fraction of sp³-hybridized carbons (Fsp3) is 0.167. The topological polar surface area (TPSA) is 84.6 Å². The monoisotopic (exact) mass is 310 g/mol. The number of hydrogen-bond donors (Lipinski definition) is 1. The zero-order chi connectivity index (χ0) is 16.7. The quantitative estimate of drug-likeness (QED) is 0.591. The van der Waals surface area contributed by atoms with Gasteiger partial charge in [-0.2, -0.15) is 0 Å². The van der Waals surface area contributed by atoms with Gasteiger partial charge in [-0.25, -0.2) is 4.79 Å². The van der Waals surface area contributed by atoms with Crippen LogP contribution in [0.4, 0.5) is 0 Å². The first-order valence-corrected chi connectivity index (χ1v) is 7.16. The maximum atomic E-state index is 12.5. The number of carbonyl (C=O) groups is 2. The lowest BCUT2D eigenvalue weighted by atomic mass is 9.99. The van der Waals surface area contributed by atoms with Crippen LogP contribution in [0.5, 0.6) is 0 Å². The molecule has 3 aromatic rings. The van der Waals surface area contributed by atoms with Crippen LogP contribution in [0.1, 0.15) is 34.6 Å². The molecule has 0 amide bonds. The van der Waals surface area contributed by atoms with Crippen molar-refractivity contribution in [3.05, 3.63) is 57.7 Å². The maximum Gasteiger partial charge on any atom is 0.335 e. The zero-order valence-electron chi connectivity index (χ0n) is 12.6. The summed E-state index contributed by atoms with van der Waals surface area (Å²) in [4.78, 5) is 35.6. The fourth-order valence-corrected chi connectivity index (χ4v) is 2.47. The van der Waals surface area contributed by atoms with Gasteiger partial charge in [0.15, 0.2) is 5.78 Å². The molecule has 3 rings (SSSR count). The molecule has 0 unspecified atom stereocenters. The van der Waals surface area contributed by atoms with Gasteiger partial charge in [0.2, 0.25) is 5.43 Å². The Bertz CT molecular complexity index is 1010. The fourth-order valence-electron chi connectivity index (χ4n) is 2.47. The third kappa shape index (κ3) is 2.50. The van der Waals surface area contributed by atoms with E-state index in [4.69, 9.17) is 9.52 Å². The van der Waals surface area contributed by atoms with E-state index in [1.807, 2.05) is 0 Å². The molecule has 0 fully saturated rings. The molecule has 0 radical (unpaired) electrons. The average Bonchev–Trinajstić information content (AvgIpc) is 2.53. The van der Waals surface area contributed by atoms with Gasteiger partial charge in [0.1, 0.15) is 11.2 Å². The van der Waals surface area contributed by atoms with Crippen molar-refractivity contribution in [2.75, 3.05) is 0 Å². The normalized spacial score (nSPS) is 11.3. The predicted octanol–water partition coefficient (Wildman–Crippen LogP) is 3.48. The Balaban J connectivity index is 2.29. The Hall–Kier alpha value is -2.95. The second kappa shape index (κ2) is 5.35. The third-order valence-electron chi connectivity index (χ3n) is 3.73. The van der Waals surface area contributed by atoms with Gasteiger partial charge in [0.05, 0.1) is 16.3 Å². The molecule has 116 valence electrons. The van der Waals surface area contributed by atoms with Crippen molar-refractivity contribution in [2.24, 2.45) is 5.92 Å². The first-order valence-electron chi connectivity index (χ1n) is 7.16. The molecule has 1 aromatic heterocycles. The molecule has 0 spiro atoms. The van der Waals surface area contributed by atoms with Crippen molar-refractivity contribution >= 4 is 33.7 Å². The highest BCUT2D eigenvalue weighted by Crippen LogP contribution is 2.22. The minimum absolute atomic E-state index is 0.0238. The largest absolute Gasteiger partial charge is 0.478 e. The van der Waals surface area contributed by atoms with E-state index in [1.54, 1.807) is 32.0 Å². The summed E-state index contributed by atoms with van der Waals surface area (Å²) in [5, 5.41) is 9.56. The Morgan fingerprint density at radius 3 is 2.30 bits per heavy atom. The number of aromatic carboxylic acids is 1. The van der Waals surface area contributed by atoms with Crippen molar-refractivity contribution in [2.45, 2.75) is 13.8 Å². The van der Waals surface area contributed by atoms with Crippen LogP contribution in [0.3, 0.4) is 0 Å². The predicted molar refractivity (Wildman–Crippen MR) is 86.1 cm³/mol. The van der Waals surface area contributed by atoms with Gasteiger partial charge < -0.3 is 9.52 Å². The highest BCUT2D eigenvalue weighted by atomic mass is 16.4. The average molecular weight is 310 g/mol. The summed E-state index contributed by atoms with van der Waals surface area (Å²) in [6, 6.07) is 8.83. The number of carboxylic acids is 1. The molecular formula is C18H14O5. The summed E-state index contributed by atoms with van der Waals surface area (Å²) >= 11 is 0. The number of rotatable bonds is 3. The number of benzene rings is 2. The Morgan fingerprint density at radius 1 is 0.957 bits per heavy atom. The number of fused-ring (bicyclic) bond motifs is 2. The molecule has 2 aromatic carbocycles. The van der Waals surface area contributed by atoms with Gasteiger partial charge in [-0.05, 0) is 30.3 Å². The Kier molecular flexibility index (Phi) is 3.48. The van der Waals surface area contributed by atoms with E-state index in [2.05, 4.69) is 0 Å². The minimum Gasteiger partial charge on any atom is -0.478 e. The molecule has 0 saturated heterocycles. The van der Waals surface area contributed by atoms with Crippen molar-refractivity contribution in [3.8, 4) is 0 Å². The maximum absolute atomic E-state index is 12.5. The number of carbonyl (C=O) groups excluding carboxylic acids is 1. The van der Waals surface area contributed by atoms with Crippen LogP contribution in [-0.4, -0.2) is 16.9 Å². The first kappa shape index (κ1) is 15.0. The van der Waals surface area contributed by atoms with Gasteiger partial charge in [0.25, 0.3) is 0 Å². The van der Waals surface area contributed by atoms with Crippen molar-refractivity contribution in [3.63, 3.8) is 0 Å². The molecule has 1 N–H and O–H groups in total. The van der Waals surface area contributed by atoms with Gasteiger partial charge >= 0.3 is 5.97 Å². The summed E-state index contributed by atoms with van der Waals surface area (Å²) in [6.07, 6.45) is 0.